The van der Waals surface area contributed by atoms with Crippen LogP contribution in [0.5, 0.6) is 5.75 Å². The van der Waals surface area contributed by atoms with E-state index in [2.05, 4.69) is 15.3 Å². The molecule has 0 fully saturated rings. The van der Waals surface area contributed by atoms with Gasteiger partial charge in [-0.25, -0.2) is 9.97 Å². The molecule has 1 N–H and O–H groups in total. The second-order valence-electron chi connectivity index (χ2n) is 6.16. The highest BCUT2D eigenvalue weighted by Crippen LogP contribution is 2.34. The topological polar surface area (TPSA) is 69.0 Å². The Bertz CT molecular complexity index is 1210. The largest absolute Gasteiger partial charge is 0.493 e. The lowest BCUT2D eigenvalue weighted by atomic mass is 10.1. The number of fused-ring (bicyclic) bond motifs is 4. The lowest BCUT2D eigenvalue weighted by molar-refractivity contribution is 0.357. The number of hydrogen-bond acceptors (Lipinski definition) is 6. The zero-order chi connectivity index (χ0) is 17.7. The van der Waals surface area contributed by atoms with Crippen LogP contribution in [0.3, 0.4) is 0 Å². The molecule has 130 valence electrons. The van der Waals surface area contributed by atoms with Gasteiger partial charge in [-0.15, -0.1) is 11.3 Å². The fourth-order valence-electron chi connectivity index (χ4n) is 3.40. The second kappa shape index (κ2) is 5.81. The second-order valence-corrected chi connectivity index (χ2v) is 7.16. The van der Waals surface area contributed by atoms with Gasteiger partial charge < -0.3 is 10.1 Å². The molecule has 0 bridgehead atoms. The summed E-state index contributed by atoms with van der Waals surface area (Å²) in [6, 6.07) is 7.75. The summed E-state index contributed by atoms with van der Waals surface area (Å²) < 4.78 is 7.77. The predicted octanol–water partition coefficient (Wildman–Crippen LogP) is 3.36. The van der Waals surface area contributed by atoms with Crippen LogP contribution in [0, 0.1) is 0 Å². The van der Waals surface area contributed by atoms with Crippen LogP contribution in [0.4, 0.5) is 5.69 Å². The minimum absolute atomic E-state index is 0.0701. The standard InChI is InChI=1S/C19H16N4O2S/c1-2-20-13-5-7-21-18-15(13)16-17(26-18)19(24)23(10-22-16)12-3-4-14-11(9-12)6-8-25-14/h3-5,7,9-10H,2,6,8H2,1H3,(H,20,21). The van der Waals surface area contributed by atoms with Gasteiger partial charge in [0, 0.05) is 24.8 Å². The molecule has 0 aliphatic carbocycles. The van der Waals surface area contributed by atoms with E-state index in [1.165, 1.54) is 11.3 Å². The first-order valence-corrected chi connectivity index (χ1v) is 9.36. The van der Waals surface area contributed by atoms with E-state index in [1.807, 2.05) is 31.2 Å². The Labute approximate surface area is 153 Å². The molecular weight excluding hydrogens is 348 g/mol. The first-order valence-electron chi connectivity index (χ1n) is 8.55. The predicted molar refractivity (Wildman–Crippen MR) is 104 cm³/mol. The van der Waals surface area contributed by atoms with Crippen molar-refractivity contribution < 1.29 is 4.74 Å². The van der Waals surface area contributed by atoms with E-state index in [9.17, 15) is 4.79 Å². The highest BCUT2D eigenvalue weighted by Gasteiger charge is 2.17. The van der Waals surface area contributed by atoms with E-state index < -0.39 is 0 Å². The van der Waals surface area contributed by atoms with E-state index in [4.69, 9.17) is 4.74 Å². The Kier molecular flexibility index (Phi) is 3.43. The van der Waals surface area contributed by atoms with Crippen LogP contribution in [0.25, 0.3) is 26.1 Å². The summed E-state index contributed by atoms with van der Waals surface area (Å²) in [5.74, 6) is 0.900. The van der Waals surface area contributed by atoms with Crippen LogP contribution in [-0.2, 0) is 6.42 Å². The van der Waals surface area contributed by atoms with Crippen molar-refractivity contribution in [3.05, 3.63) is 52.7 Å². The smallest absolute Gasteiger partial charge is 0.275 e. The summed E-state index contributed by atoms with van der Waals surface area (Å²) in [7, 11) is 0. The minimum atomic E-state index is -0.0701. The molecule has 0 saturated heterocycles. The maximum atomic E-state index is 13.1. The lowest BCUT2D eigenvalue weighted by Gasteiger charge is -2.07. The molecule has 4 heterocycles. The third-order valence-corrected chi connectivity index (χ3v) is 5.68. The third-order valence-electron chi connectivity index (χ3n) is 4.60. The van der Waals surface area contributed by atoms with E-state index in [1.54, 1.807) is 17.1 Å². The van der Waals surface area contributed by atoms with Crippen molar-refractivity contribution in [1.29, 1.82) is 0 Å². The zero-order valence-corrected chi connectivity index (χ0v) is 15.0. The van der Waals surface area contributed by atoms with Crippen LogP contribution < -0.4 is 15.6 Å². The molecule has 6 nitrogen and oxygen atoms in total. The number of rotatable bonds is 3. The molecule has 7 heteroatoms. The summed E-state index contributed by atoms with van der Waals surface area (Å²) in [6.07, 6.45) is 4.23. The first kappa shape index (κ1) is 15.3. The Hall–Kier alpha value is -2.93. The van der Waals surface area contributed by atoms with E-state index in [0.717, 1.165) is 45.9 Å². The number of aromatic nitrogens is 3. The molecule has 26 heavy (non-hydrogen) atoms. The maximum Gasteiger partial charge on any atom is 0.275 e. The number of pyridine rings is 1. The molecule has 0 spiro atoms. The Morgan fingerprint density at radius 1 is 1.31 bits per heavy atom. The molecular formula is C19H16N4O2S. The number of hydrogen-bond donors (Lipinski definition) is 1. The van der Waals surface area contributed by atoms with E-state index in [-0.39, 0.29) is 5.56 Å². The number of benzene rings is 1. The van der Waals surface area contributed by atoms with Crippen molar-refractivity contribution in [3.63, 3.8) is 0 Å². The summed E-state index contributed by atoms with van der Waals surface area (Å²) in [4.78, 5) is 23.0. The lowest BCUT2D eigenvalue weighted by Crippen LogP contribution is -2.17. The molecule has 3 aromatic heterocycles. The van der Waals surface area contributed by atoms with E-state index in [0.29, 0.717) is 16.8 Å². The highest BCUT2D eigenvalue weighted by atomic mass is 32.1. The Morgan fingerprint density at radius 2 is 2.23 bits per heavy atom. The maximum absolute atomic E-state index is 13.1. The molecule has 0 radical (unpaired) electrons. The SMILES string of the molecule is CCNc1ccnc2sc3c(=O)n(-c4ccc5c(c4)CCO5)cnc3c12. The van der Waals surface area contributed by atoms with Crippen molar-refractivity contribution in [2.24, 2.45) is 0 Å². The number of nitrogens with zero attached hydrogens (tertiary/aromatic N) is 3. The average Bonchev–Trinajstić information content (AvgIpc) is 3.27. The van der Waals surface area contributed by atoms with Gasteiger partial charge in [-0.2, -0.15) is 0 Å². The molecule has 0 unspecified atom stereocenters. The number of anilines is 1. The van der Waals surface area contributed by atoms with Gasteiger partial charge in [0.25, 0.3) is 5.56 Å². The first-order chi connectivity index (χ1) is 12.8. The van der Waals surface area contributed by atoms with Crippen LogP contribution in [0.2, 0.25) is 0 Å². The zero-order valence-electron chi connectivity index (χ0n) is 14.2. The van der Waals surface area contributed by atoms with Gasteiger partial charge in [0.15, 0.2) is 0 Å². The molecule has 5 rings (SSSR count). The monoisotopic (exact) mass is 364 g/mol. The molecule has 0 saturated carbocycles. The van der Waals surface area contributed by atoms with Gasteiger partial charge >= 0.3 is 0 Å². The summed E-state index contributed by atoms with van der Waals surface area (Å²) >= 11 is 1.39. The number of nitrogens with one attached hydrogen (secondary N) is 1. The molecule has 0 atom stereocenters. The quantitative estimate of drug-likeness (QED) is 0.604. The molecule has 4 aromatic rings. The van der Waals surface area contributed by atoms with Gasteiger partial charge in [-0.1, -0.05) is 0 Å². The molecule has 1 aliphatic heterocycles. The summed E-state index contributed by atoms with van der Waals surface area (Å²) in [5, 5.41) is 4.24. The fourth-order valence-corrected chi connectivity index (χ4v) is 4.45. The Balaban J connectivity index is 1.74. The van der Waals surface area contributed by atoms with Crippen molar-refractivity contribution >= 4 is 37.5 Å². The van der Waals surface area contributed by atoms with Crippen molar-refractivity contribution in [3.8, 4) is 11.4 Å². The molecule has 1 aliphatic rings. The molecule has 0 amide bonds. The van der Waals surface area contributed by atoms with Gasteiger partial charge in [0.05, 0.1) is 23.2 Å². The average molecular weight is 364 g/mol. The third kappa shape index (κ3) is 2.20. The van der Waals surface area contributed by atoms with Crippen LogP contribution in [0.1, 0.15) is 12.5 Å². The summed E-state index contributed by atoms with van der Waals surface area (Å²) in [6.45, 7) is 3.53. The normalized spacial score (nSPS) is 13.1. The van der Waals surface area contributed by atoms with Gasteiger partial charge in [-0.05, 0) is 36.8 Å². The minimum Gasteiger partial charge on any atom is -0.493 e. The van der Waals surface area contributed by atoms with Crippen molar-refractivity contribution in [1.82, 2.24) is 14.5 Å². The van der Waals surface area contributed by atoms with Crippen LogP contribution >= 0.6 is 11.3 Å². The number of thiophene rings is 1. The summed E-state index contributed by atoms with van der Waals surface area (Å²) in [5.41, 5.74) is 3.54. The molecule has 1 aromatic carbocycles. The van der Waals surface area contributed by atoms with Gasteiger partial charge in [-0.3, -0.25) is 9.36 Å². The number of ether oxygens (including phenoxy) is 1. The Morgan fingerprint density at radius 3 is 3.12 bits per heavy atom. The van der Waals surface area contributed by atoms with Crippen LogP contribution in [0.15, 0.2) is 41.6 Å². The van der Waals surface area contributed by atoms with Crippen molar-refractivity contribution in [2.75, 3.05) is 18.5 Å². The van der Waals surface area contributed by atoms with Gasteiger partial charge in [0.1, 0.15) is 21.6 Å². The van der Waals surface area contributed by atoms with Crippen molar-refractivity contribution in [2.45, 2.75) is 13.3 Å². The van der Waals surface area contributed by atoms with Gasteiger partial charge in [0.2, 0.25) is 0 Å². The van der Waals surface area contributed by atoms with Crippen LogP contribution in [-0.4, -0.2) is 27.7 Å². The van der Waals surface area contributed by atoms with E-state index >= 15 is 0 Å². The highest BCUT2D eigenvalue weighted by molar-refractivity contribution is 7.25. The fraction of sp³-hybridized carbons (Fsp3) is 0.211.